The Hall–Kier alpha value is -3.32. The van der Waals surface area contributed by atoms with Gasteiger partial charge in [-0.05, 0) is 12.1 Å². The maximum Gasteiger partial charge on any atom is 0.387 e. The van der Waals surface area contributed by atoms with Gasteiger partial charge in [-0.15, -0.1) is 0 Å². The van der Waals surface area contributed by atoms with Crippen LogP contribution < -0.4 is 27.0 Å². The third-order valence-electron chi connectivity index (χ3n) is 3.89. The van der Waals surface area contributed by atoms with E-state index < -0.39 is 12.5 Å². The number of alkyl halides is 2. The van der Waals surface area contributed by atoms with E-state index in [9.17, 15) is 18.4 Å². The highest BCUT2D eigenvalue weighted by atomic mass is 35.5. The monoisotopic (exact) mass is 418 g/mol. The first-order valence-corrected chi connectivity index (χ1v) is 8.45. The number of carbonyl (C=O) groups is 2. The van der Waals surface area contributed by atoms with Crippen molar-refractivity contribution in [2.75, 3.05) is 5.32 Å². The minimum absolute atomic E-state index is 0. The van der Waals surface area contributed by atoms with E-state index in [1.54, 1.807) is 59.4 Å². The first-order valence-electron chi connectivity index (χ1n) is 8.45. The molecule has 0 aliphatic carbocycles. The van der Waals surface area contributed by atoms with Crippen molar-refractivity contribution in [1.82, 2.24) is 0 Å². The Bertz CT molecular complexity index is 967. The van der Waals surface area contributed by atoms with Gasteiger partial charge in [-0.2, -0.15) is 13.3 Å². The topological polar surface area (TPSA) is 59.3 Å². The maximum absolute atomic E-state index is 12.4. The van der Waals surface area contributed by atoms with Crippen LogP contribution in [0, 0.1) is 0 Å². The predicted octanol–water partition coefficient (Wildman–Crippen LogP) is 0.449. The molecule has 0 spiro atoms. The van der Waals surface area contributed by atoms with Gasteiger partial charge in [0.15, 0.2) is 18.2 Å². The molecule has 0 saturated carbocycles. The first kappa shape index (κ1) is 22.0. The fourth-order valence-electron chi connectivity index (χ4n) is 2.59. The van der Waals surface area contributed by atoms with Gasteiger partial charge >= 0.3 is 6.61 Å². The lowest BCUT2D eigenvalue weighted by molar-refractivity contribution is -0.684. The third-order valence-corrected chi connectivity index (χ3v) is 3.89. The van der Waals surface area contributed by atoms with E-state index >= 15 is 0 Å². The van der Waals surface area contributed by atoms with Gasteiger partial charge in [0, 0.05) is 23.3 Å². The molecule has 0 aliphatic rings. The van der Waals surface area contributed by atoms with Crippen LogP contribution in [0.4, 0.5) is 14.5 Å². The van der Waals surface area contributed by atoms with Crippen LogP contribution in [0.2, 0.25) is 0 Å². The second-order valence-corrected chi connectivity index (χ2v) is 5.88. The van der Waals surface area contributed by atoms with E-state index in [0.29, 0.717) is 11.1 Å². The molecule has 0 saturated heterocycles. The molecule has 1 aromatic heterocycles. The molecule has 1 heterocycles. The highest BCUT2D eigenvalue weighted by Crippen LogP contribution is 2.25. The van der Waals surface area contributed by atoms with Gasteiger partial charge in [0.1, 0.15) is 5.75 Å². The summed E-state index contributed by atoms with van der Waals surface area (Å²) in [6.07, 6.45) is 3.22. The lowest BCUT2D eigenvalue weighted by Gasteiger charge is -2.10. The number of ketones is 1. The Balaban J connectivity index is 0.00000300. The summed E-state index contributed by atoms with van der Waals surface area (Å²) in [6, 6.07) is 18.1. The van der Waals surface area contributed by atoms with Crippen LogP contribution in [-0.4, -0.2) is 18.3 Å². The predicted molar refractivity (Wildman–Crippen MR) is 98.2 cm³/mol. The number of pyridine rings is 1. The lowest BCUT2D eigenvalue weighted by atomic mass is 10.0. The molecule has 2 aromatic carbocycles. The van der Waals surface area contributed by atoms with Crippen LogP contribution in [0.1, 0.15) is 15.9 Å². The molecule has 0 atom stereocenters. The summed E-state index contributed by atoms with van der Waals surface area (Å²) in [5.41, 5.74) is 1.23. The highest BCUT2D eigenvalue weighted by Gasteiger charge is 2.15. The molecule has 0 unspecified atom stereocenters. The Kier molecular flexibility index (Phi) is 7.79. The molecule has 5 nitrogen and oxygen atoms in total. The van der Waals surface area contributed by atoms with E-state index in [0.717, 1.165) is 0 Å². The number of carbonyl (C=O) groups excluding carboxylic acids is 2. The number of hydrogen-bond acceptors (Lipinski definition) is 3. The van der Waals surface area contributed by atoms with E-state index in [1.807, 2.05) is 6.07 Å². The van der Waals surface area contributed by atoms with Gasteiger partial charge in [-0.3, -0.25) is 9.59 Å². The number of benzene rings is 2. The first-order chi connectivity index (χ1) is 13.5. The van der Waals surface area contributed by atoms with E-state index in [-0.39, 0.29) is 36.2 Å². The van der Waals surface area contributed by atoms with Crippen molar-refractivity contribution in [3.63, 3.8) is 0 Å². The van der Waals surface area contributed by atoms with Crippen LogP contribution in [0.15, 0.2) is 79.1 Å². The van der Waals surface area contributed by atoms with Crippen LogP contribution in [0.25, 0.3) is 0 Å². The van der Waals surface area contributed by atoms with Crippen molar-refractivity contribution in [2.45, 2.75) is 13.2 Å². The Morgan fingerprint density at radius 2 is 1.48 bits per heavy atom. The quantitative estimate of drug-likeness (QED) is 0.448. The summed E-state index contributed by atoms with van der Waals surface area (Å²) in [4.78, 5) is 24.6. The SMILES string of the molecule is O=C(C[n+]1ccc(C(=O)c2ccccc2)cc1)Nc1ccccc1OC(F)F.[Cl-]. The minimum atomic E-state index is -2.98. The number of rotatable bonds is 7. The van der Waals surface area contributed by atoms with Crippen molar-refractivity contribution in [1.29, 1.82) is 0 Å². The molecule has 29 heavy (non-hydrogen) atoms. The van der Waals surface area contributed by atoms with Gasteiger partial charge in [0.2, 0.25) is 6.54 Å². The zero-order chi connectivity index (χ0) is 19.9. The molecule has 150 valence electrons. The second-order valence-electron chi connectivity index (χ2n) is 5.88. The number of aromatic nitrogens is 1. The van der Waals surface area contributed by atoms with Crippen LogP contribution in [-0.2, 0) is 11.3 Å². The van der Waals surface area contributed by atoms with Crippen molar-refractivity contribution in [3.05, 3.63) is 90.3 Å². The number of amides is 1. The number of para-hydroxylation sites is 2. The summed E-state index contributed by atoms with van der Waals surface area (Å²) in [5.74, 6) is -0.646. The van der Waals surface area contributed by atoms with E-state index in [1.165, 1.54) is 18.2 Å². The molecule has 8 heteroatoms. The van der Waals surface area contributed by atoms with Gasteiger partial charge in [0.25, 0.3) is 5.91 Å². The zero-order valence-corrected chi connectivity index (χ0v) is 15.9. The molecule has 1 amide bonds. The smallest absolute Gasteiger partial charge is 0.387 e. The minimum Gasteiger partial charge on any atom is -1.00 e. The molecule has 0 bridgehead atoms. The summed E-state index contributed by atoms with van der Waals surface area (Å²) in [6.45, 7) is -3.04. The molecule has 0 aliphatic heterocycles. The molecule has 3 rings (SSSR count). The highest BCUT2D eigenvalue weighted by molar-refractivity contribution is 6.08. The van der Waals surface area contributed by atoms with Gasteiger partial charge < -0.3 is 22.5 Å². The van der Waals surface area contributed by atoms with Gasteiger partial charge in [0.05, 0.1) is 5.69 Å². The Morgan fingerprint density at radius 1 is 0.897 bits per heavy atom. The second kappa shape index (κ2) is 10.3. The summed E-state index contributed by atoms with van der Waals surface area (Å²) < 4.78 is 30.9. The number of hydrogen-bond donors (Lipinski definition) is 1. The number of ether oxygens (including phenoxy) is 1. The lowest BCUT2D eigenvalue weighted by Crippen LogP contribution is -3.00. The van der Waals surface area contributed by atoms with Gasteiger partial charge in [-0.25, -0.2) is 0 Å². The number of nitrogens with one attached hydrogen (secondary N) is 1. The van der Waals surface area contributed by atoms with Gasteiger partial charge in [-0.1, -0.05) is 42.5 Å². The fraction of sp³-hybridized carbons (Fsp3) is 0.0952. The average molecular weight is 419 g/mol. The van der Waals surface area contributed by atoms with Crippen LogP contribution in [0.3, 0.4) is 0 Å². The number of anilines is 1. The Morgan fingerprint density at radius 3 is 2.14 bits per heavy atom. The molecule has 0 radical (unpaired) electrons. The third kappa shape index (κ3) is 6.08. The van der Waals surface area contributed by atoms with E-state index in [4.69, 9.17) is 0 Å². The van der Waals surface area contributed by atoms with E-state index in [2.05, 4.69) is 10.1 Å². The molecule has 0 fully saturated rings. The van der Waals surface area contributed by atoms with Crippen molar-refractivity contribution in [2.24, 2.45) is 0 Å². The Labute approximate surface area is 172 Å². The molecule has 3 aromatic rings. The maximum atomic E-state index is 12.4. The fourth-order valence-corrected chi connectivity index (χ4v) is 2.59. The number of halogens is 3. The number of nitrogens with zero attached hydrogens (tertiary/aromatic N) is 1. The van der Waals surface area contributed by atoms with Crippen LogP contribution >= 0.6 is 0 Å². The zero-order valence-electron chi connectivity index (χ0n) is 15.1. The van der Waals surface area contributed by atoms with Crippen molar-refractivity contribution in [3.8, 4) is 5.75 Å². The summed E-state index contributed by atoms with van der Waals surface area (Å²) in [5, 5.41) is 2.54. The average Bonchev–Trinajstić information content (AvgIpc) is 2.70. The summed E-state index contributed by atoms with van der Waals surface area (Å²) >= 11 is 0. The van der Waals surface area contributed by atoms with Crippen molar-refractivity contribution >= 4 is 17.4 Å². The standard InChI is InChI=1S/C21H16F2N2O3.ClH/c22-21(23)28-18-9-5-4-8-17(18)24-19(26)14-25-12-10-16(11-13-25)20(27)15-6-2-1-3-7-15;/h1-13,21H,14H2;1H. The molecular formula is C21H17ClF2N2O3. The molecule has 1 N–H and O–H groups in total. The largest absolute Gasteiger partial charge is 1.00 e. The van der Waals surface area contributed by atoms with Crippen LogP contribution in [0.5, 0.6) is 5.75 Å². The normalized spacial score (nSPS) is 10.2. The molecular weight excluding hydrogens is 402 g/mol. The van der Waals surface area contributed by atoms with Crippen molar-refractivity contribution < 1.29 is 40.1 Å². The summed E-state index contributed by atoms with van der Waals surface area (Å²) in [7, 11) is 0.